The molecule has 0 spiro atoms. The quantitative estimate of drug-likeness (QED) is 0.757. The highest BCUT2D eigenvalue weighted by Crippen LogP contribution is 2.45. The predicted molar refractivity (Wildman–Crippen MR) is 94.0 cm³/mol. The number of amides is 1. The lowest BCUT2D eigenvalue weighted by atomic mass is 10.0. The zero-order chi connectivity index (χ0) is 16.7. The van der Waals surface area contributed by atoms with Gasteiger partial charge in [0.25, 0.3) is 0 Å². The van der Waals surface area contributed by atoms with E-state index >= 15 is 0 Å². The van der Waals surface area contributed by atoms with Crippen LogP contribution in [0.15, 0.2) is 48.5 Å². The summed E-state index contributed by atoms with van der Waals surface area (Å²) in [5.74, 6) is 0.365. The van der Waals surface area contributed by atoms with Gasteiger partial charge >= 0.3 is 0 Å². The van der Waals surface area contributed by atoms with Crippen LogP contribution >= 0.6 is 0 Å². The third-order valence-corrected chi connectivity index (χ3v) is 4.69. The second kappa shape index (κ2) is 5.71. The first-order valence-electron chi connectivity index (χ1n) is 8.29. The van der Waals surface area contributed by atoms with Crippen molar-refractivity contribution in [1.82, 2.24) is 4.57 Å². The van der Waals surface area contributed by atoms with Crippen molar-refractivity contribution >= 4 is 16.8 Å². The van der Waals surface area contributed by atoms with E-state index in [2.05, 4.69) is 16.7 Å². The molecule has 4 heteroatoms. The van der Waals surface area contributed by atoms with E-state index < -0.39 is 0 Å². The largest absolute Gasteiger partial charge is 0.508 e. The van der Waals surface area contributed by atoms with Gasteiger partial charge in [-0.15, -0.1) is 0 Å². The highest BCUT2D eigenvalue weighted by molar-refractivity contribution is 5.91. The number of rotatable bonds is 5. The number of nitrogens with zero attached hydrogens (tertiary/aromatic N) is 1. The molecule has 1 amide bonds. The van der Waals surface area contributed by atoms with E-state index in [1.54, 1.807) is 12.1 Å². The van der Waals surface area contributed by atoms with Crippen LogP contribution in [-0.4, -0.2) is 15.6 Å². The normalized spacial score (nSPS) is 14.2. The Morgan fingerprint density at radius 1 is 1.17 bits per heavy atom. The highest BCUT2D eigenvalue weighted by Gasteiger charge is 2.32. The Kier molecular flexibility index (Phi) is 3.53. The molecule has 122 valence electrons. The van der Waals surface area contributed by atoms with Gasteiger partial charge in [0.1, 0.15) is 5.75 Å². The summed E-state index contributed by atoms with van der Waals surface area (Å²) in [5.41, 5.74) is 9.95. The van der Waals surface area contributed by atoms with Gasteiger partial charge in [-0.2, -0.15) is 0 Å². The summed E-state index contributed by atoms with van der Waals surface area (Å²) in [6.07, 6.45) is 2.50. The van der Waals surface area contributed by atoms with Crippen molar-refractivity contribution in [2.45, 2.75) is 31.7 Å². The van der Waals surface area contributed by atoms with Gasteiger partial charge in [0, 0.05) is 23.1 Å². The van der Waals surface area contributed by atoms with Crippen LogP contribution in [0.1, 0.15) is 35.6 Å². The first kappa shape index (κ1) is 14.8. The van der Waals surface area contributed by atoms with Gasteiger partial charge in [-0.25, -0.2) is 0 Å². The second-order valence-corrected chi connectivity index (χ2v) is 6.55. The molecule has 0 saturated heterocycles. The number of nitrogens with two attached hydrogens (primary N) is 1. The SMILES string of the molecule is NC(=O)Cc1c(C2CC2)n(Cc2ccccc2)c2ccc(O)cc12. The van der Waals surface area contributed by atoms with E-state index in [-0.39, 0.29) is 18.1 Å². The molecule has 4 nitrogen and oxygen atoms in total. The Balaban J connectivity index is 1.93. The zero-order valence-corrected chi connectivity index (χ0v) is 13.4. The van der Waals surface area contributed by atoms with Gasteiger partial charge in [-0.3, -0.25) is 4.79 Å². The number of hydrogen-bond donors (Lipinski definition) is 2. The molecule has 1 aliphatic carbocycles. The molecule has 1 heterocycles. The van der Waals surface area contributed by atoms with Crippen molar-refractivity contribution in [1.29, 1.82) is 0 Å². The molecule has 4 rings (SSSR count). The Bertz CT molecular complexity index is 908. The smallest absolute Gasteiger partial charge is 0.221 e. The summed E-state index contributed by atoms with van der Waals surface area (Å²) >= 11 is 0. The van der Waals surface area contributed by atoms with Gasteiger partial charge in [0.2, 0.25) is 5.91 Å². The number of phenolic OH excluding ortho intramolecular Hbond substituents is 1. The Morgan fingerprint density at radius 3 is 2.58 bits per heavy atom. The first-order valence-corrected chi connectivity index (χ1v) is 8.29. The molecule has 1 saturated carbocycles. The molecule has 0 radical (unpaired) electrons. The lowest BCUT2D eigenvalue weighted by Gasteiger charge is -2.12. The van der Waals surface area contributed by atoms with E-state index in [4.69, 9.17) is 5.73 Å². The van der Waals surface area contributed by atoms with Gasteiger partial charge < -0.3 is 15.4 Å². The van der Waals surface area contributed by atoms with Crippen LogP contribution in [-0.2, 0) is 17.8 Å². The molecule has 0 bridgehead atoms. The van der Waals surface area contributed by atoms with Gasteiger partial charge in [-0.1, -0.05) is 30.3 Å². The minimum atomic E-state index is -0.334. The Hall–Kier alpha value is -2.75. The van der Waals surface area contributed by atoms with Crippen molar-refractivity contribution in [2.24, 2.45) is 5.73 Å². The molecule has 1 aromatic heterocycles. The zero-order valence-electron chi connectivity index (χ0n) is 13.4. The fourth-order valence-electron chi connectivity index (χ4n) is 3.55. The predicted octanol–water partition coefficient (Wildman–Crippen LogP) is 3.30. The summed E-state index contributed by atoms with van der Waals surface area (Å²) < 4.78 is 2.29. The number of hydrogen-bond acceptors (Lipinski definition) is 2. The highest BCUT2D eigenvalue weighted by atomic mass is 16.3. The van der Waals surface area contributed by atoms with E-state index in [0.717, 1.165) is 35.9 Å². The molecule has 0 aliphatic heterocycles. The lowest BCUT2D eigenvalue weighted by Crippen LogP contribution is -2.15. The molecule has 0 atom stereocenters. The van der Waals surface area contributed by atoms with Crippen molar-refractivity contribution in [3.05, 3.63) is 65.4 Å². The molecule has 1 fully saturated rings. The summed E-state index contributed by atoms with van der Waals surface area (Å²) in [6, 6.07) is 15.7. The number of carbonyl (C=O) groups excluding carboxylic acids is 1. The molecular weight excluding hydrogens is 300 g/mol. The summed E-state index contributed by atoms with van der Waals surface area (Å²) in [7, 11) is 0. The van der Waals surface area contributed by atoms with Crippen molar-refractivity contribution < 1.29 is 9.90 Å². The average Bonchev–Trinajstić information content (AvgIpc) is 3.35. The third kappa shape index (κ3) is 2.64. The van der Waals surface area contributed by atoms with E-state index in [9.17, 15) is 9.90 Å². The van der Waals surface area contributed by atoms with Gasteiger partial charge in [0.05, 0.1) is 6.42 Å². The van der Waals surface area contributed by atoms with Gasteiger partial charge in [-0.05, 0) is 48.1 Å². The number of aromatic nitrogens is 1. The number of benzene rings is 2. The van der Waals surface area contributed by atoms with Crippen LogP contribution in [0.4, 0.5) is 0 Å². The second-order valence-electron chi connectivity index (χ2n) is 6.55. The minimum absolute atomic E-state index is 0.215. The molecule has 24 heavy (non-hydrogen) atoms. The number of phenols is 1. The van der Waals surface area contributed by atoms with Crippen molar-refractivity contribution in [3.8, 4) is 5.75 Å². The number of primary amides is 1. The van der Waals surface area contributed by atoms with Crippen LogP contribution in [0.25, 0.3) is 10.9 Å². The molecule has 3 aromatic rings. The van der Waals surface area contributed by atoms with Crippen LogP contribution in [0.5, 0.6) is 5.75 Å². The number of carbonyl (C=O) groups is 1. The maximum Gasteiger partial charge on any atom is 0.221 e. The Labute approximate surface area is 140 Å². The lowest BCUT2D eigenvalue weighted by molar-refractivity contribution is -0.117. The fraction of sp³-hybridized carbons (Fsp3) is 0.250. The monoisotopic (exact) mass is 320 g/mol. The van der Waals surface area contributed by atoms with Crippen molar-refractivity contribution in [2.75, 3.05) is 0 Å². The third-order valence-electron chi connectivity index (χ3n) is 4.69. The van der Waals surface area contributed by atoms with E-state index in [0.29, 0.717) is 5.92 Å². The average molecular weight is 320 g/mol. The number of fused-ring (bicyclic) bond motifs is 1. The maximum atomic E-state index is 11.6. The molecule has 1 aliphatic rings. The summed E-state index contributed by atoms with van der Waals surface area (Å²) in [4.78, 5) is 11.6. The topological polar surface area (TPSA) is 68.2 Å². The van der Waals surface area contributed by atoms with Crippen molar-refractivity contribution in [3.63, 3.8) is 0 Å². The molecule has 0 unspecified atom stereocenters. The number of aromatic hydroxyl groups is 1. The maximum absolute atomic E-state index is 11.6. The van der Waals surface area contributed by atoms with Gasteiger partial charge in [0.15, 0.2) is 0 Å². The summed E-state index contributed by atoms with van der Waals surface area (Å²) in [5, 5.41) is 10.8. The minimum Gasteiger partial charge on any atom is -0.508 e. The van der Waals surface area contributed by atoms with E-state index in [1.165, 1.54) is 11.3 Å². The standard InChI is InChI=1S/C20H20N2O2/c21-19(24)11-17-16-10-15(23)8-9-18(16)22(20(17)14-6-7-14)12-13-4-2-1-3-5-13/h1-5,8-10,14,23H,6-7,11-12H2,(H2,21,24). The Morgan fingerprint density at radius 2 is 1.92 bits per heavy atom. The van der Waals surface area contributed by atoms with Crippen LogP contribution in [0.3, 0.4) is 0 Å². The van der Waals surface area contributed by atoms with Crippen LogP contribution < -0.4 is 5.73 Å². The molecule has 3 N–H and O–H groups in total. The first-order chi connectivity index (χ1) is 11.6. The molecular formula is C20H20N2O2. The fourth-order valence-corrected chi connectivity index (χ4v) is 3.55. The molecule has 2 aromatic carbocycles. The van der Waals surface area contributed by atoms with Crippen LogP contribution in [0, 0.1) is 0 Å². The van der Waals surface area contributed by atoms with Crippen LogP contribution in [0.2, 0.25) is 0 Å². The summed E-state index contributed by atoms with van der Waals surface area (Å²) in [6.45, 7) is 0.757. The van der Waals surface area contributed by atoms with E-state index in [1.807, 2.05) is 24.3 Å².